The minimum Gasteiger partial charge on any atom is -0.478 e. The number of carbonyl (C=O) groups excluding carboxylic acids is 2. The predicted molar refractivity (Wildman–Crippen MR) is 136 cm³/mol. The van der Waals surface area contributed by atoms with E-state index in [1.54, 1.807) is 14.0 Å². The zero-order valence-electron chi connectivity index (χ0n) is 21.4. The van der Waals surface area contributed by atoms with E-state index in [1.165, 1.54) is 17.0 Å². The first-order valence-electron chi connectivity index (χ1n) is 11.0. The van der Waals surface area contributed by atoms with E-state index in [0.29, 0.717) is 6.54 Å². The number of esters is 1. The van der Waals surface area contributed by atoms with Crippen LogP contribution in [0.4, 0.5) is 0 Å². The maximum atomic E-state index is 12.1. The Balaban J connectivity index is 0.000000382. The minimum absolute atomic E-state index is 0.0567. The van der Waals surface area contributed by atoms with Crippen molar-refractivity contribution in [1.29, 1.82) is 0 Å². The van der Waals surface area contributed by atoms with Gasteiger partial charge in [-0.1, -0.05) is 6.92 Å². The lowest BCUT2D eigenvalue weighted by molar-refractivity contribution is 0.0525. The van der Waals surface area contributed by atoms with Crippen LogP contribution in [0.15, 0.2) is 46.2 Å². The molecule has 0 atom stereocenters. The fourth-order valence-electron chi connectivity index (χ4n) is 2.99. The van der Waals surface area contributed by atoms with Crippen molar-refractivity contribution in [2.45, 2.75) is 30.1 Å². The van der Waals surface area contributed by atoms with Gasteiger partial charge in [-0.05, 0) is 49.7 Å². The van der Waals surface area contributed by atoms with Crippen molar-refractivity contribution >= 4 is 43.5 Å². The maximum absolute atomic E-state index is 12.1. The molecule has 0 aliphatic heterocycles. The highest BCUT2D eigenvalue weighted by Gasteiger charge is 2.19. The highest BCUT2D eigenvalue weighted by atomic mass is 32.2. The number of carboxylic acid groups (broad SMARTS) is 2. The SMILES string of the molecule is CCCN(C)C(=O)c1cc(C(=O)O)cc(S(C)(=O)=O)c1.CCOC(=O)c1cc(C(=O)O)cc(S(C)(=O)=O)c1. The van der Waals surface area contributed by atoms with Gasteiger partial charge in [-0.25, -0.2) is 31.2 Å². The molecule has 0 heterocycles. The van der Waals surface area contributed by atoms with Crippen LogP contribution < -0.4 is 0 Å². The molecule has 208 valence electrons. The average Bonchev–Trinajstić information content (AvgIpc) is 2.82. The Hall–Kier alpha value is -3.78. The smallest absolute Gasteiger partial charge is 0.338 e. The van der Waals surface area contributed by atoms with Gasteiger partial charge < -0.3 is 19.8 Å². The number of ether oxygens (including phenoxy) is 1. The molecule has 12 nitrogen and oxygen atoms in total. The summed E-state index contributed by atoms with van der Waals surface area (Å²) in [7, 11) is -5.61. The Kier molecular flexibility index (Phi) is 11.2. The van der Waals surface area contributed by atoms with Gasteiger partial charge in [0, 0.05) is 31.7 Å². The van der Waals surface area contributed by atoms with E-state index < -0.39 is 43.5 Å². The number of hydrogen-bond acceptors (Lipinski definition) is 9. The van der Waals surface area contributed by atoms with Gasteiger partial charge in [0.1, 0.15) is 0 Å². The number of benzene rings is 2. The molecule has 2 aromatic carbocycles. The Morgan fingerprint density at radius 1 is 0.737 bits per heavy atom. The molecule has 0 radical (unpaired) electrons. The molecule has 0 saturated carbocycles. The second-order valence-electron chi connectivity index (χ2n) is 8.09. The molecule has 14 heteroatoms. The van der Waals surface area contributed by atoms with Gasteiger partial charge in [0.2, 0.25) is 0 Å². The number of carboxylic acids is 2. The van der Waals surface area contributed by atoms with E-state index in [0.717, 1.165) is 43.2 Å². The first-order valence-corrected chi connectivity index (χ1v) is 14.8. The molecule has 2 aromatic rings. The molecule has 0 saturated heterocycles. The lowest BCUT2D eigenvalue weighted by Gasteiger charge is -2.16. The van der Waals surface area contributed by atoms with Crippen LogP contribution >= 0.6 is 0 Å². The number of aromatic carboxylic acids is 2. The maximum Gasteiger partial charge on any atom is 0.338 e. The van der Waals surface area contributed by atoms with Gasteiger partial charge >= 0.3 is 17.9 Å². The summed E-state index contributed by atoms with van der Waals surface area (Å²) in [6, 6.07) is 6.62. The number of nitrogens with zero attached hydrogens (tertiary/aromatic N) is 1. The summed E-state index contributed by atoms with van der Waals surface area (Å²) in [5.41, 5.74) is -0.541. The fourth-order valence-corrected chi connectivity index (χ4v) is 4.35. The first-order chi connectivity index (χ1) is 17.4. The normalized spacial score (nSPS) is 11.1. The van der Waals surface area contributed by atoms with E-state index in [2.05, 4.69) is 0 Å². The summed E-state index contributed by atoms with van der Waals surface area (Å²) in [6.07, 6.45) is 2.65. The largest absolute Gasteiger partial charge is 0.478 e. The van der Waals surface area contributed by atoms with Crippen LogP contribution in [0.3, 0.4) is 0 Å². The number of carbonyl (C=O) groups is 4. The van der Waals surface area contributed by atoms with Gasteiger partial charge in [0.25, 0.3) is 5.91 Å². The standard InChI is InChI=1S/C13H17NO5S.C11H12O6S/c1-4-5-14(2)12(15)9-6-10(13(16)17)8-11(7-9)20(3,18)19;1-3-17-11(14)8-4-7(10(12)13)5-9(6-8)18(2,15)16/h6-8H,4-5H2,1-3H3,(H,16,17);4-6H,3H2,1-2H3,(H,12,13). The molecule has 0 aliphatic rings. The molecule has 2 N–H and O–H groups in total. The zero-order chi connectivity index (χ0) is 29.4. The molecule has 0 spiro atoms. The molecule has 38 heavy (non-hydrogen) atoms. The number of sulfone groups is 2. The third-order valence-corrected chi connectivity index (χ3v) is 7.01. The van der Waals surface area contributed by atoms with E-state index in [1.807, 2.05) is 6.92 Å². The van der Waals surface area contributed by atoms with Crippen LogP contribution in [0, 0.1) is 0 Å². The highest BCUT2D eigenvalue weighted by Crippen LogP contribution is 2.18. The second kappa shape index (κ2) is 13.1. The molecule has 0 bridgehead atoms. The summed E-state index contributed by atoms with van der Waals surface area (Å²) >= 11 is 0. The van der Waals surface area contributed by atoms with Gasteiger partial charge in [-0.3, -0.25) is 4.79 Å². The monoisotopic (exact) mass is 571 g/mol. The third-order valence-electron chi connectivity index (χ3n) is 4.83. The summed E-state index contributed by atoms with van der Waals surface area (Å²) in [5.74, 6) is -3.75. The molecule has 0 aliphatic carbocycles. The molecule has 1 amide bonds. The second-order valence-corrected chi connectivity index (χ2v) is 12.1. The van der Waals surface area contributed by atoms with E-state index >= 15 is 0 Å². The summed E-state index contributed by atoms with van der Waals surface area (Å²) < 4.78 is 50.6. The van der Waals surface area contributed by atoms with Crippen LogP contribution in [0.2, 0.25) is 0 Å². The molecule has 2 rings (SSSR count). The van der Waals surface area contributed by atoms with Crippen molar-refractivity contribution in [3.63, 3.8) is 0 Å². The third kappa shape index (κ3) is 9.27. The van der Waals surface area contributed by atoms with Crippen molar-refractivity contribution in [2.24, 2.45) is 0 Å². The quantitative estimate of drug-likeness (QED) is 0.420. The summed E-state index contributed by atoms with van der Waals surface area (Å²) in [4.78, 5) is 46.5. The van der Waals surface area contributed by atoms with E-state index in [4.69, 9.17) is 14.9 Å². The first kappa shape index (κ1) is 32.2. The van der Waals surface area contributed by atoms with Crippen LogP contribution in [0.5, 0.6) is 0 Å². The molecule has 0 fully saturated rings. The number of hydrogen-bond donors (Lipinski definition) is 2. The Labute approximate surface area is 220 Å². The number of amides is 1. The van der Waals surface area contributed by atoms with Crippen molar-refractivity contribution in [1.82, 2.24) is 4.90 Å². The van der Waals surface area contributed by atoms with E-state index in [9.17, 15) is 36.0 Å². The van der Waals surface area contributed by atoms with Crippen molar-refractivity contribution in [2.75, 3.05) is 32.7 Å². The van der Waals surface area contributed by atoms with Crippen LogP contribution in [-0.2, 0) is 24.4 Å². The van der Waals surface area contributed by atoms with E-state index in [-0.39, 0.29) is 38.7 Å². The predicted octanol–water partition coefficient (Wildman–Crippen LogP) is 2.24. The van der Waals surface area contributed by atoms with Gasteiger partial charge in [0.15, 0.2) is 19.7 Å². The Morgan fingerprint density at radius 2 is 1.13 bits per heavy atom. The van der Waals surface area contributed by atoms with Gasteiger partial charge in [-0.2, -0.15) is 0 Å². The van der Waals surface area contributed by atoms with Crippen LogP contribution in [-0.4, -0.2) is 88.5 Å². The average molecular weight is 572 g/mol. The van der Waals surface area contributed by atoms with Crippen molar-refractivity contribution in [3.8, 4) is 0 Å². The van der Waals surface area contributed by atoms with Crippen LogP contribution in [0.1, 0.15) is 61.7 Å². The van der Waals surface area contributed by atoms with Gasteiger partial charge in [0.05, 0.1) is 33.1 Å². The molecular weight excluding hydrogens is 542 g/mol. The minimum atomic E-state index is -3.60. The molecule has 0 aromatic heterocycles. The summed E-state index contributed by atoms with van der Waals surface area (Å²) in [6.45, 7) is 4.12. The Morgan fingerprint density at radius 3 is 1.50 bits per heavy atom. The zero-order valence-corrected chi connectivity index (χ0v) is 23.1. The van der Waals surface area contributed by atoms with Crippen LogP contribution in [0.25, 0.3) is 0 Å². The molecular formula is C24H29NO11S2. The molecule has 0 unspecified atom stereocenters. The topological polar surface area (TPSA) is 189 Å². The Bertz CT molecular complexity index is 1450. The van der Waals surface area contributed by atoms with Gasteiger partial charge in [-0.15, -0.1) is 0 Å². The number of rotatable bonds is 9. The lowest BCUT2D eigenvalue weighted by atomic mass is 10.1. The lowest BCUT2D eigenvalue weighted by Crippen LogP contribution is -2.27. The highest BCUT2D eigenvalue weighted by molar-refractivity contribution is 7.91. The fraction of sp³-hybridized carbons (Fsp3) is 0.333. The summed E-state index contributed by atoms with van der Waals surface area (Å²) in [5, 5.41) is 17.9. The van der Waals surface area contributed by atoms with Crippen molar-refractivity contribution < 1.29 is 51.0 Å². The van der Waals surface area contributed by atoms with Crippen molar-refractivity contribution in [3.05, 3.63) is 58.7 Å².